The summed E-state index contributed by atoms with van der Waals surface area (Å²) < 4.78 is 0. The fraction of sp³-hybridized carbons (Fsp3) is 0.438. The molecule has 0 radical (unpaired) electrons. The van der Waals surface area contributed by atoms with Crippen LogP contribution in [0.3, 0.4) is 0 Å². The number of anilines is 3. The molecule has 1 atom stereocenters. The fourth-order valence-electron chi connectivity index (χ4n) is 2.74. The normalized spacial score (nSPS) is 17.8. The third kappa shape index (κ3) is 3.94. The summed E-state index contributed by atoms with van der Waals surface area (Å²) in [6, 6.07) is 9.74. The van der Waals surface area contributed by atoms with Crippen LogP contribution in [-0.2, 0) is 0 Å². The average Bonchev–Trinajstić information content (AvgIpc) is 2.55. The highest BCUT2D eigenvalue weighted by Crippen LogP contribution is 2.23. The molecule has 1 fully saturated rings. The molecule has 3 rings (SSSR count). The lowest BCUT2D eigenvalue weighted by atomic mass is 10.1. The lowest BCUT2D eigenvalue weighted by molar-refractivity contribution is 0.0626. The number of nitrogens with zero attached hydrogens (tertiary/aromatic N) is 4. The van der Waals surface area contributed by atoms with Crippen molar-refractivity contribution in [3.05, 3.63) is 36.2 Å². The Morgan fingerprint density at radius 3 is 2.57 bits per heavy atom. The van der Waals surface area contributed by atoms with Gasteiger partial charge in [-0.2, -0.15) is 15.0 Å². The van der Waals surface area contributed by atoms with Gasteiger partial charge in [0.15, 0.2) is 5.82 Å². The van der Waals surface area contributed by atoms with Crippen LogP contribution in [0.1, 0.15) is 31.6 Å². The van der Waals surface area contributed by atoms with Gasteiger partial charge in [-0.3, -0.25) is 4.90 Å². The molecule has 1 aromatic heterocycles. The van der Waals surface area contributed by atoms with Gasteiger partial charge in [-0.1, -0.05) is 18.2 Å². The van der Waals surface area contributed by atoms with Gasteiger partial charge in [-0.25, -0.2) is 0 Å². The Hall–Kier alpha value is -2.25. The number of benzene rings is 1. The van der Waals surface area contributed by atoms with Gasteiger partial charge in [0.05, 0.1) is 12.1 Å². The third-order valence-corrected chi connectivity index (χ3v) is 4.12. The molecule has 0 bridgehead atoms. The highest BCUT2D eigenvalue weighted by atomic mass is 16.3. The van der Waals surface area contributed by atoms with Crippen LogP contribution in [0.2, 0.25) is 0 Å². The van der Waals surface area contributed by atoms with Gasteiger partial charge in [0.1, 0.15) is 0 Å². The van der Waals surface area contributed by atoms with E-state index in [1.165, 1.54) is 0 Å². The second-order valence-corrected chi connectivity index (χ2v) is 5.81. The van der Waals surface area contributed by atoms with Gasteiger partial charge in [0, 0.05) is 18.8 Å². The Labute approximate surface area is 135 Å². The average molecular weight is 314 g/mol. The first-order chi connectivity index (χ1) is 11.1. The number of nitrogens with one attached hydrogen (secondary N) is 1. The largest absolute Gasteiger partial charge is 0.393 e. The van der Waals surface area contributed by atoms with E-state index in [-0.39, 0.29) is 18.1 Å². The van der Waals surface area contributed by atoms with E-state index in [0.717, 1.165) is 31.6 Å². The number of para-hydroxylation sites is 1. The maximum absolute atomic E-state index is 9.63. The summed E-state index contributed by atoms with van der Waals surface area (Å²) >= 11 is 0. The summed E-state index contributed by atoms with van der Waals surface area (Å²) in [4.78, 5) is 15.2. The predicted octanol–water partition coefficient (Wildman–Crippen LogP) is 1.72. The number of nitrogen functional groups attached to an aromatic ring is 1. The number of nitrogens with two attached hydrogens (primary N) is 1. The molecule has 1 aromatic carbocycles. The van der Waals surface area contributed by atoms with Crippen molar-refractivity contribution < 1.29 is 5.11 Å². The van der Waals surface area contributed by atoms with Crippen molar-refractivity contribution in [2.45, 2.75) is 31.9 Å². The molecule has 2 aromatic rings. The number of rotatable bonds is 4. The molecule has 2 heterocycles. The first kappa shape index (κ1) is 15.6. The smallest absolute Gasteiger partial charge is 0.232 e. The molecule has 0 spiro atoms. The second kappa shape index (κ2) is 6.89. The van der Waals surface area contributed by atoms with Crippen molar-refractivity contribution >= 4 is 17.6 Å². The summed E-state index contributed by atoms with van der Waals surface area (Å²) in [5, 5.41) is 12.8. The molecular weight excluding hydrogens is 292 g/mol. The molecule has 0 amide bonds. The predicted molar refractivity (Wildman–Crippen MR) is 89.2 cm³/mol. The van der Waals surface area contributed by atoms with Gasteiger partial charge < -0.3 is 16.2 Å². The van der Waals surface area contributed by atoms with Crippen LogP contribution in [0.4, 0.5) is 17.6 Å². The van der Waals surface area contributed by atoms with E-state index in [1.807, 2.05) is 30.3 Å². The van der Waals surface area contributed by atoms with Gasteiger partial charge in [-0.05, 0) is 31.9 Å². The highest BCUT2D eigenvalue weighted by Gasteiger charge is 2.24. The van der Waals surface area contributed by atoms with Gasteiger partial charge in [-0.15, -0.1) is 0 Å². The Balaban J connectivity index is 1.77. The number of likely N-dealkylation sites (tertiary alicyclic amines) is 1. The third-order valence-electron chi connectivity index (χ3n) is 4.12. The highest BCUT2D eigenvalue weighted by molar-refractivity contribution is 5.53. The van der Waals surface area contributed by atoms with Crippen LogP contribution in [-0.4, -0.2) is 44.2 Å². The van der Waals surface area contributed by atoms with Crippen molar-refractivity contribution in [1.82, 2.24) is 19.9 Å². The van der Waals surface area contributed by atoms with Crippen LogP contribution < -0.4 is 11.1 Å². The molecular formula is C16H22N6O. The molecule has 0 aliphatic carbocycles. The van der Waals surface area contributed by atoms with Crippen LogP contribution >= 0.6 is 0 Å². The first-order valence-electron chi connectivity index (χ1n) is 7.87. The van der Waals surface area contributed by atoms with E-state index in [2.05, 4.69) is 32.1 Å². The van der Waals surface area contributed by atoms with Crippen molar-refractivity contribution in [2.75, 3.05) is 24.1 Å². The van der Waals surface area contributed by atoms with Crippen LogP contribution in [0, 0.1) is 0 Å². The molecule has 1 saturated heterocycles. The monoisotopic (exact) mass is 314 g/mol. The second-order valence-electron chi connectivity index (χ2n) is 5.81. The number of hydrogen-bond acceptors (Lipinski definition) is 7. The minimum atomic E-state index is -0.197. The Kier molecular flexibility index (Phi) is 4.68. The summed E-state index contributed by atoms with van der Waals surface area (Å²) in [7, 11) is 0. The van der Waals surface area contributed by atoms with Crippen molar-refractivity contribution in [3.63, 3.8) is 0 Å². The van der Waals surface area contributed by atoms with Gasteiger partial charge >= 0.3 is 0 Å². The minimum absolute atomic E-state index is 0.0316. The molecule has 1 aliphatic heterocycles. The number of hydrogen-bond donors (Lipinski definition) is 3. The molecule has 23 heavy (non-hydrogen) atoms. The summed E-state index contributed by atoms with van der Waals surface area (Å²) in [6.45, 7) is 3.71. The molecule has 0 saturated carbocycles. The zero-order valence-corrected chi connectivity index (χ0v) is 13.2. The summed E-state index contributed by atoms with van der Waals surface area (Å²) in [6.07, 6.45) is 1.36. The number of aliphatic hydroxyl groups is 1. The van der Waals surface area contributed by atoms with E-state index in [1.54, 1.807) is 0 Å². The number of piperidine rings is 1. The SMILES string of the molecule is CC(c1nc(N)nc(Nc2ccccc2)n1)N1CCC(O)CC1. The minimum Gasteiger partial charge on any atom is -0.393 e. The molecule has 1 unspecified atom stereocenters. The van der Waals surface area contributed by atoms with Gasteiger partial charge in [0.25, 0.3) is 0 Å². The first-order valence-corrected chi connectivity index (χ1v) is 7.87. The lowest BCUT2D eigenvalue weighted by Crippen LogP contribution is -2.38. The Morgan fingerprint density at radius 1 is 1.17 bits per heavy atom. The molecule has 122 valence electrons. The van der Waals surface area contributed by atoms with E-state index in [0.29, 0.717) is 11.8 Å². The van der Waals surface area contributed by atoms with Gasteiger partial charge in [0.2, 0.25) is 11.9 Å². The topological polar surface area (TPSA) is 100 Å². The lowest BCUT2D eigenvalue weighted by Gasteiger charge is -2.33. The fourth-order valence-corrected chi connectivity index (χ4v) is 2.74. The van der Waals surface area contributed by atoms with Crippen molar-refractivity contribution in [2.24, 2.45) is 0 Å². The summed E-state index contributed by atoms with van der Waals surface area (Å²) in [5.74, 6) is 1.30. The quantitative estimate of drug-likeness (QED) is 0.790. The Morgan fingerprint density at radius 2 is 1.87 bits per heavy atom. The molecule has 1 aliphatic rings. The van der Waals surface area contributed by atoms with E-state index in [9.17, 15) is 5.11 Å². The van der Waals surface area contributed by atoms with E-state index < -0.39 is 0 Å². The number of aromatic nitrogens is 3. The standard InChI is InChI=1S/C16H22N6O/c1-11(22-9-7-13(23)8-10-22)14-19-15(17)21-16(20-14)18-12-5-3-2-4-6-12/h2-6,11,13,23H,7-10H2,1H3,(H3,17,18,19,20,21). The maximum Gasteiger partial charge on any atom is 0.232 e. The van der Waals surface area contributed by atoms with Crippen LogP contribution in [0.25, 0.3) is 0 Å². The molecule has 7 nitrogen and oxygen atoms in total. The van der Waals surface area contributed by atoms with Crippen molar-refractivity contribution in [1.29, 1.82) is 0 Å². The van der Waals surface area contributed by atoms with E-state index in [4.69, 9.17) is 5.73 Å². The summed E-state index contributed by atoms with van der Waals surface area (Å²) in [5.41, 5.74) is 6.74. The van der Waals surface area contributed by atoms with Crippen molar-refractivity contribution in [3.8, 4) is 0 Å². The molecule has 7 heteroatoms. The molecule has 4 N–H and O–H groups in total. The maximum atomic E-state index is 9.63. The van der Waals surface area contributed by atoms with E-state index >= 15 is 0 Å². The Bertz CT molecular complexity index is 642. The zero-order valence-electron chi connectivity index (χ0n) is 13.2. The zero-order chi connectivity index (χ0) is 16.2. The number of aliphatic hydroxyl groups excluding tert-OH is 1. The van der Waals surface area contributed by atoms with Crippen LogP contribution in [0.5, 0.6) is 0 Å². The van der Waals surface area contributed by atoms with Crippen LogP contribution in [0.15, 0.2) is 30.3 Å².